The molecule has 17 heteroatoms. The summed E-state index contributed by atoms with van der Waals surface area (Å²) in [5, 5.41) is 1.83. The van der Waals surface area contributed by atoms with Crippen LogP contribution >= 0.6 is 54.5 Å². The molecule has 15 aromatic carbocycles. The van der Waals surface area contributed by atoms with Gasteiger partial charge in [0, 0.05) is 76.6 Å². The van der Waals surface area contributed by atoms with Crippen LogP contribution in [0.15, 0.2) is 391 Å². The predicted octanol–water partition coefficient (Wildman–Crippen LogP) is 27.4. The molecule has 0 aliphatic carbocycles. The second-order valence-corrected chi connectivity index (χ2v) is 33.4. The van der Waals surface area contributed by atoms with Crippen LogP contribution in [0.4, 0.5) is 33.0 Å². The number of aromatic nitrogens is 8. The van der Waals surface area contributed by atoms with E-state index in [-0.39, 0.29) is 18.3 Å². The summed E-state index contributed by atoms with van der Waals surface area (Å²) in [7, 11) is -0.364. The molecule has 21 rings (SSSR count). The lowest BCUT2D eigenvalue weighted by atomic mass is 9.79. The molecule has 570 valence electrons. The first-order valence-electron chi connectivity index (χ1n) is 39.1. The van der Waals surface area contributed by atoms with Crippen molar-refractivity contribution >= 4 is 154 Å². The van der Waals surface area contributed by atoms with E-state index < -0.39 is 0 Å². The monoisotopic (exact) mass is 1690 g/mol. The topological polar surface area (TPSA) is 104 Å². The molecule has 0 radical (unpaired) electrons. The molecule has 0 atom stereocenters. The maximum atomic E-state index is 6.19. The molecule has 1 saturated heterocycles. The van der Waals surface area contributed by atoms with Crippen LogP contribution in [0.2, 0.25) is 0 Å². The minimum atomic E-state index is -0.364. The third kappa shape index (κ3) is 14.6. The maximum absolute atomic E-state index is 6.19. The summed E-state index contributed by atoms with van der Waals surface area (Å²) in [5.41, 5.74) is 23.4. The summed E-state index contributed by atoms with van der Waals surface area (Å²) in [4.78, 5) is 30.1. The lowest BCUT2D eigenvalue weighted by Crippen LogP contribution is -2.41. The van der Waals surface area contributed by atoms with Gasteiger partial charge in [0.05, 0.1) is 64.7 Å². The van der Waals surface area contributed by atoms with Crippen LogP contribution in [0, 0.1) is 0 Å². The number of thiazole rings is 2. The van der Waals surface area contributed by atoms with Crippen molar-refractivity contribution in [1.82, 2.24) is 38.6 Å². The lowest BCUT2D eigenvalue weighted by Gasteiger charge is -2.32. The van der Waals surface area contributed by atoms with Gasteiger partial charge in [-0.3, -0.25) is 23.5 Å². The number of hydrogen-bond donors (Lipinski definition) is 0. The number of rotatable bonds is 15. The van der Waals surface area contributed by atoms with E-state index in [0.29, 0.717) is 0 Å². The van der Waals surface area contributed by atoms with E-state index >= 15 is 0 Å². The number of fused-ring (bicyclic) bond motifs is 5. The summed E-state index contributed by atoms with van der Waals surface area (Å²) < 4.78 is 23.4. The van der Waals surface area contributed by atoms with Crippen molar-refractivity contribution in [2.45, 2.75) is 38.9 Å². The van der Waals surface area contributed by atoms with Crippen LogP contribution < -0.4 is 15.3 Å². The average molecular weight is 1700 g/mol. The van der Waals surface area contributed by atoms with Crippen LogP contribution in [0.1, 0.15) is 27.7 Å². The molecule has 0 N–H and O–H groups in total. The van der Waals surface area contributed by atoms with Crippen LogP contribution in [0.3, 0.4) is 0 Å². The third-order valence-corrected chi connectivity index (χ3v) is 25.4. The van der Waals surface area contributed by atoms with E-state index in [2.05, 4.69) is 380 Å². The van der Waals surface area contributed by atoms with Crippen molar-refractivity contribution in [1.29, 1.82) is 0 Å². The number of para-hydroxylation sites is 13. The van der Waals surface area contributed by atoms with Crippen molar-refractivity contribution in [2.24, 2.45) is 0 Å². The van der Waals surface area contributed by atoms with Crippen LogP contribution in [0.5, 0.6) is 0 Å². The first-order valence-corrected chi connectivity index (χ1v) is 42.3. The van der Waals surface area contributed by atoms with Crippen LogP contribution in [0.25, 0.3) is 127 Å². The highest BCUT2D eigenvalue weighted by Gasteiger charge is 2.51. The number of anilines is 6. The quantitative estimate of drug-likeness (QED) is 0.0928. The summed E-state index contributed by atoms with van der Waals surface area (Å²) in [6.07, 6.45) is 0. The van der Waals surface area contributed by atoms with E-state index in [0.717, 1.165) is 174 Å². The zero-order valence-electron chi connectivity index (χ0n) is 64.8. The van der Waals surface area contributed by atoms with Crippen molar-refractivity contribution in [3.8, 4) is 73.5 Å². The molecule has 0 saturated carbocycles. The third-order valence-electron chi connectivity index (χ3n) is 21.7. The molecule has 12 nitrogen and oxygen atoms in total. The predicted molar refractivity (Wildman–Crippen MR) is 497 cm³/mol. The van der Waals surface area contributed by atoms with Gasteiger partial charge in [0.25, 0.3) is 0 Å². The first kappa shape index (κ1) is 75.1. The Morgan fingerprint density at radius 2 is 0.585 bits per heavy atom. The molecule has 118 heavy (non-hydrogen) atoms. The van der Waals surface area contributed by atoms with Gasteiger partial charge in [0.15, 0.2) is 10.3 Å². The number of imidazole rings is 3. The molecule has 6 heterocycles. The zero-order chi connectivity index (χ0) is 79.9. The summed E-state index contributed by atoms with van der Waals surface area (Å²) >= 11 is 10.6. The van der Waals surface area contributed by atoms with E-state index in [1.165, 1.54) is 0 Å². The zero-order valence-corrected chi connectivity index (χ0v) is 69.6. The minimum Gasteiger partial charge on any atom is -0.399 e. The van der Waals surface area contributed by atoms with Gasteiger partial charge < -0.3 is 9.31 Å². The Labute approximate surface area is 709 Å². The van der Waals surface area contributed by atoms with Gasteiger partial charge in [-0.1, -0.05) is 271 Å². The van der Waals surface area contributed by atoms with E-state index in [9.17, 15) is 0 Å². The SMILES string of the molecule is Brc1ccc(Br)c2sc(N(c3ccccc3)c3ccccc3)nc12.CC1(C)OB(c2ccc(-c3nc4ccccc4n3-c3ccccc3)cc2)OC1(C)C.c1ccc(N(c2ccccc2)c2nc3c(-c4ccc(-c5nc6ccccc6n5-c5ccccc5)cc4)ccc(-c4ccc(-c5nc6ccccc6n5-c5ccccc5)cc4)c3s2)cc1. The normalized spacial score (nSPS) is 12.9. The molecule has 0 unspecified atom stereocenters. The average Bonchev–Trinajstić information content (AvgIpc) is 1.58. The number of nitrogens with zero attached hydrogens (tertiary/aromatic N) is 10. The van der Waals surface area contributed by atoms with Gasteiger partial charge in [0.1, 0.15) is 17.5 Å². The second-order valence-electron chi connectivity index (χ2n) is 29.7. The highest BCUT2D eigenvalue weighted by atomic mass is 79.9. The molecule has 5 aromatic heterocycles. The van der Waals surface area contributed by atoms with E-state index in [4.69, 9.17) is 34.2 Å². The Kier molecular flexibility index (Phi) is 20.5. The molecular formula is C101H75BBr2N10O2S2. The molecule has 0 bridgehead atoms. The standard InChI is InChI=1S/C57H38N6S.C25H25BN2O2.C19H12Br2N2S/c1-5-17-43(18-6-1)61(44-19-7-2-8-20-44)57-60-53-47(39-29-33-41(34-30-39)55-58-49-25-13-15-27-51(49)62(55)45-21-9-3-10-22-45)37-38-48(54(53)64-57)40-31-35-42(36-32-40)56-59-50-26-14-16-28-52(50)63(56)46-23-11-4-12-24-46;1-24(2)25(3,4)30-26(29-24)19-16-14-18(15-17-19)23-27-21-12-8-9-13-22(21)28(23)20-10-6-5-7-11-20;20-15-11-12-16(21)18-17(15)22-19(24-18)23(13-7-3-1-4-8-13)14-9-5-2-6-10-14/h1-38H;5-17H,1-4H3;1-12H. The fraction of sp³-hybridized carbons (Fsp3) is 0.0594. The number of hydrogen-bond acceptors (Lipinski definition) is 11. The lowest BCUT2D eigenvalue weighted by molar-refractivity contribution is 0.00578. The summed E-state index contributed by atoms with van der Waals surface area (Å²) in [6, 6.07) is 132. The first-order chi connectivity index (χ1) is 57.8. The van der Waals surface area contributed by atoms with Crippen molar-refractivity contribution < 1.29 is 9.31 Å². The summed E-state index contributed by atoms with van der Waals surface area (Å²) in [5.74, 6) is 2.73. The number of benzene rings is 15. The largest absolute Gasteiger partial charge is 0.494 e. The Hall–Kier alpha value is -13.0. The van der Waals surface area contributed by atoms with E-state index in [1.54, 1.807) is 22.7 Å². The van der Waals surface area contributed by atoms with Crippen molar-refractivity contribution in [3.05, 3.63) is 391 Å². The van der Waals surface area contributed by atoms with Crippen molar-refractivity contribution in [2.75, 3.05) is 9.80 Å². The van der Waals surface area contributed by atoms with Gasteiger partial charge in [0.2, 0.25) is 0 Å². The van der Waals surface area contributed by atoms with E-state index in [1.807, 2.05) is 84.9 Å². The molecule has 0 spiro atoms. The maximum Gasteiger partial charge on any atom is 0.494 e. The van der Waals surface area contributed by atoms with Gasteiger partial charge in [-0.05, 0) is 210 Å². The molecule has 1 fully saturated rings. The second kappa shape index (κ2) is 32.3. The molecule has 0 amide bonds. The molecule has 20 aromatic rings. The fourth-order valence-electron chi connectivity index (χ4n) is 15.2. The van der Waals surface area contributed by atoms with Crippen LogP contribution in [-0.2, 0) is 9.31 Å². The highest BCUT2D eigenvalue weighted by molar-refractivity contribution is 9.11. The highest BCUT2D eigenvalue weighted by Crippen LogP contribution is 2.48. The van der Waals surface area contributed by atoms with Gasteiger partial charge in [-0.15, -0.1) is 0 Å². The van der Waals surface area contributed by atoms with Gasteiger partial charge >= 0.3 is 7.12 Å². The summed E-state index contributed by atoms with van der Waals surface area (Å²) in [6.45, 7) is 8.29. The van der Waals surface area contributed by atoms with Gasteiger partial charge in [-0.25, -0.2) is 24.9 Å². The minimum absolute atomic E-state index is 0.350. The number of halogens is 2. The van der Waals surface area contributed by atoms with Crippen LogP contribution in [-0.4, -0.2) is 56.9 Å². The van der Waals surface area contributed by atoms with Gasteiger partial charge in [-0.2, -0.15) is 0 Å². The van der Waals surface area contributed by atoms with Crippen molar-refractivity contribution in [3.63, 3.8) is 0 Å². The molecule has 1 aliphatic rings. The fourth-order valence-corrected chi connectivity index (χ4v) is 18.5. The molecular weight excluding hydrogens is 1620 g/mol. The Morgan fingerprint density at radius 3 is 0.958 bits per heavy atom. The molecule has 1 aliphatic heterocycles. The Balaban J connectivity index is 0.000000140. The smallest absolute Gasteiger partial charge is 0.399 e. The Morgan fingerprint density at radius 1 is 0.288 bits per heavy atom. The Bertz CT molecular complexity index is 6620.